The van der Waals surface area contributed by atoms with Crippen LogP contribution >= 0.6 is 0 Å². The number of carbonyl (C=O) groups is 1. The molecule has 1 N–H and O–H groups in total. The standard InChI is InChI=1S/C21H23FN4O2/c22-16-8-10-17(11-9-16)26-20-18(7-4-12-23-20)25(21(26)28)14-19(27)24-13-15-5-2-1-3-6-15/h4,7-12,15H,1-3,5-6,13-14H2,(H,24,27). The number of hydrogen-bond donors (Lipinski definition) is 1. The van der Waals surface area contributed by atoms with Gasteiger partial charge in [0.15, 0.2) is 5.65 Å². The van der Waals surface area contributed by atoms with Gasteiger partial charge >= 0.3 is 5.69 Å². The second-order valence-corrected chi connectivity index (χ2v) is 7.33. The SMILES string of the molecule is O=C(Cn1c(=O)n(-c2ccc(F)cc2)c2ncccc21)NCC1CCCCC1. The first-order chi connectivity index (χ1) is 13.6. The van der Waals surface area contributed by atoms with E-state index in [1.54, 1.807) is 18.3 Å². The van der Waals surface area contributed by atoms with Gasteiger partial charge in [-0.1, -0.05) is 19.3 Å². The van der Waals surface area contributed by atoms with Crippen LogP contribution in [0, 0.1) is 11.7 Å². The minimum atomic E-state index is -0.379. The largest absolute Gasteiger partial charge is 0.354 e. The van der Waals surface area contributed by atoms with Gasteiger partial charge in [0.25, 0.3) is 0 Å². The molecule has 1 aliphatic rings. The van der Waals surface area contributed by atoms with E-state index in [4.69, 9.17) is 0 Å². The number of rotatable bonds is 5. The molecule has 3 aromatic rings. The van der Waals surface area contributed by atoms with Crippen LogP contribution in [0.15, 0.2) is 47.4 Å². The number of benzene rings is 1. The molecule has 1 amide bonds. The van der Waals surface area contributed by atoms with Crippen molar-refractivity contribution < 1.29 is 9.18 Å². The van der Waals surface area contributed by atoms with E-state index < -0.39 is 0 Å². The summed E-state index contributed by atoms with van der Waals surface area (Å²) in [5.74, 6) is -0.0399. The van der Waals surface area contributed by atoms with Gasteiger partial charge in [-0.25, -0.2) is 18.7 Å². The molecule has 2 aromatic heterocycles. The lowest BCUT2D eigenvalue weighted by molar-refractivity contribution is -0.121. The summed E-state index contributed by atoms with van der Waals surface area (Å²) in [7, 11) is 0. The Bertz CT molecular complexity index is 1030. The number of carbonyl (C=O) groups excluding carboxylic acids is 1. The van der Waals surface area contributed by atoms with E-state index in [1.165, 1.54) is 52.7 Å². The summed E-state index contributed by atoms with van der Waals surface area (Å²) in [5.41, 5.74) is 1.16. The maximum atomic E-state index is 13.3. The van der Waals surface area contributed by atoms with Crippen LogP contribution in [0.5, 0.6) is 0 Å². The van der Waals surface area contributed by atoms with E-state index in [9.17, 15) is 14.0 Å². The van der Waals surface area contributed by atoms with Crippen molar-refractivity contribution in [3.8, 4) is 5.69 Å². The number of imidazole rings is 1. The van der Waals surface area contributed by atoms with Crippen molar-refractivity contribution in [1.29, 1.82) is 0 Å². The van der Waals surface area contributed by atoms with E-state index in [0.717, 1.165) is 12.8 Å². The van der Waals surface area contributed by atoms with Gasteiger partial charge in [-0.15, -0.1) is 0 Å². The maximum Gasteiger partial charge on any atom is 0.335 e. The zero-order chi connectivity index (χ0) is 19.5. The van der Waals surface area contributed by atoms with Crippen LogP contribution in [-0.4, -0.2) is 26.6 Å². The van der Waals surface area contributed by atoms with Crippen LogP contribution in [0.25, 0.3) is 16.9 Å². The summed E-state index contributed by atoms with van der Waals surface area (Å²) in [4.78, 5) is 29.8. The summed E-state index contributed by atoms with van der Waals surface area (Å²) in [6.45, 7) is 0.588. The van der Waals surface area contributed by atoms with Gasteiger partial charge < -0.3 is 5.32 Å². The van der Waals surface area contributed by atoms with Crippen molar-refractivity contribution in [2.45, 2.75) is 38.6 Å². The number of pyridine rings is 1. The van der Waals surface area contributed by atoms with Crippen molar-refractivity contribution in [3.63, 3.8) is 0 Å². The molecule has 4 rings (SSSR count). The van der Waals surface area contributed by atoms with Gasteiger partial charge in [0.05, 0.1) is 11.2 Å². The molecular formula is C21H23FN4O2. The molecule has 0 aliphatic heterocycles. The first-order valence-corrected chi connectivity index (χ1v) is 9.72. The van der Waals surface area contributed by atoms with Gasteiger partial charge in [-0.3, -0.25) is 9.36 Å². The maximum absolute atomic E-state index is 13.3. The molecule has 0 bridgehead atoms. The van der Waals surface area contributed by atoms with E-state index in [2.05, 4.69) is 10.3 Å². The number of fused-ring (bicyclic) bond motifs is 1. The topological polar surface area (TPSA) is 68.9 Å². The van der Waals surface area contributed by atoms with Crippen molar-refractivity contribution in [1.82, 2.24) is 19.4 Å². The van der Waals surface area contributed by atoms with Crippen LogP contribution in [0.3, 0.4) is 0 Å². The Morgan fingerprint density at radius 2 is 1.89 bits per heavy atom. The normalized spacial score (nSPS) is 15.0. The summed E-state index contributed by atoms with van der Waals surface area (Å²) in [6, 6.07) is 9.14. The lowest BCUT2D eigenvalue weighted by atomic mass is 9.89. The molecular weight excluding hydrogens is 359 g/mol. The van der Waals surface area contributed by atoms with E-state index in [-0.39, 0.29) is 24.0 Å². The average Bonchev–Trinajstić information content (AvgIpc) is 3.00. The average molecular weight is 382 g/mol. The number of amides is 1. The fraction of sp³-hybridized carbons (Fsp3) is 0.381. The molecule has 1 aromatic carbocycles. The molecule has 0 spiro atoms. The highest BCUT2D eigenvalue weighted by Gasteiger charge is 2.19. The van der Waals surface area contributed by atoms with Gasteiger partial charge in [-0.2, -0.15) is 0 Å². The molecule has 28 heavy (non-hydrogen) atoms. The zero-order valence-corrected chi connectivity index (χ0v) is 15.6. The van der Waals surface area contributed by atoms with Crippen molar-refractivity contribution in [3.05, 3.63) is 58.9 Å². The quantitative estimate of drug-likeness (QED) is 0.738. The monoisotopic (exact) mass is 382 g/mol. The predicted octanol–water partition coefficient (Wildman–Crippen LogP) is 3.02. The van der Waals surface area contributed by atoms with Crippen molar-refractivity contribution in [2.75, 3.05) is 6.54 Å². The van der Waals surface area contributed by atoms with E-state index in [1.807, 2.05) is 0 Å². The number of nitrogens with zero attached hydrogens (tertiary/aromatic N) is 3. The highest BCUT2D eigenvalue weighted by atomic mass is 19.1. The summed E-state index contributed by atoms with van der Waals surface area (Å²) < 4.78 is 16.1. The van der Waals surface area contributed by atoms with Gasteiger partial charge in [0.2, 0.25) is 5.91 Å². The summed E-state index contributed by atoms with van der Waals surface area (Å²) in [5, 5.41) is 2.97. The Balaban J connectivity index is 1.60. The molecule has 0 radical (unpaired) electrons. The molecule has 1 fully saturated rings. The molecule has 1 saturated carbocycles. The van der Waals surface area contributed by atoms with Crippen LogP contribution in [0.1, 0.15) is 32.1 Å². The second kappa shape index (κ2) is 7.96. The minimum absolute atomic E-state index is 0.0675. The first kappa shape index (κ1) is 18.4. The third-order valence-electron chi connectivity index (χ3n) is 5.39. The lowest BCUT2D eigenvalue weighted by Crippen LogP contribution is -2.35. The third-order valence-corrected chi connectivity index (χ3v) is 5.39. The zero-order valence-electron chi connectivity index (χ0n) is 15.6. The third kappa shape index (κ3) is 3.69. The summed E-state index contributed by atoms with van der Waals surface area (Å²) >= 11 is 0. The van der Waals surface area contributed by atoms with Crippen LogP contribution in [0.4, 0.5) is 4.39 Å². The molecule has 2 heterocycles. The second-order valence-electron chi connectivity index (χ2n) is 7.33. The number of nitrogens with one attached hydrogen (secondary N) is 1. The van der Waals surface area contributed by atoms with Crippen LogP contribution in [-0.2, 0) is 11.3 Å². The number of aromatic nitrogens is 3. The molecule has 1 aliphatic carbocycles. The Morgan fingerprint density at radius 1 is 1.14 bits per heavy atom. The molecule has 6 nitrogen and oxygen atoms in total. The predicted molar refractivity (Wildman–Crippen MR) is 105 cm³/mol. The highest BCUT2D eigenvalue weighted by molar-refractivity contribution is 5.80. The fourth-order valence-corrected chi connectivity index (χ4v) is 3.91. The smallest absolute Gasteiger partial charge is 0.335 e. The van der Waals surface area contributed by atoms with Gasteiger partial charge in [0.1, 0.15) is 12.4 Å². The number of hydrogen-bond acceptors (Lipinski definition) is 3. The fourth-order valence-electron chi connectivity index (χ4n) is 3.91. The lowest BCUT2D eigenvalue weighted by Gasteiger charge is -2.21. The van der Waals surface area contributed by atoms with Crippen molar-refractivity contribution in [2.24, 2.45) is 5.92 Å². The molecule has 0 unspecified atom stereocenters. The van der Waals surface area contributed by atoms with Crippen LogP contribution < -0.4 is 11.0 Å². The number of halogens is 1. The van der Waals surface area contributed by atoms with Crippen molar-refractivity contribution >= 4 is 17.1 Å². The molecule has 0 saturated heterocycles. The Kier molecular flexibility index (Phi) is 5.23. The van der Waals surface area contributed by atoms with E-state index in [0.29, 0.717) is 29.3 Å². The Hall–Kier alpha value is -2.96. The molecule has 0 atom stereocenters. The Morgan fingerprint density at radius 3 is 2.64 bits per heavy atom. The molecule has 146 valence electrons. The van der Waals surface area contributed by atoms with Crippen LogP contribution in [0.2, 0.25) is 0 Å². The highest BCUT2D eigenvalue weighted by Crippen LogP contribution is 2.22. The van der Waals surface area contributed by atoms with E-state index >= 15 is 0 Å². The molecule has 7 heteroatoms. The first-order valence-electron chi connectivity index (χ1n) is 9.72. The van der Waals surface area contributed by atoms with Gasteiger partial charge in [-0.05, 0) is 55.2 Å². The van der Waals surface area contributed by atoms with Gasteiger partial charge in [0, 0.05) is 12.7 Å². The summed E-state index contributed by atoms with van der Waals surface area (Å²) in [6.07, 6.45) is 7.60. The Labute approximate surface area is 162 Å². The minimum Gasteiger partial charge on any atom is -0.354 e.